The zero-order valence-electron chi connectivity index (χ0n) is 14.2. The SMILES string of the molecule is Nc1cc(-c2cncc3ccc(CN4CCC(N)CC4)cc23)ccn1. The molecule has 1 saturated heterocycles. The number of pyridine rings is 2. The third kappa shape index (κ3) is 3.48. The Morgan fingerprint density at radius 3 is 2.72 bits per heavy atom. The van der Waals surface area contributed by atoms with Gasteiger partial charge in [-0.1, -0.05) is 12.1 Å². The number of hydrogen-bond acceptors (Lipinski definition) is 5. The highest BCUT2D eigenvalue weighted by atomic mass is 15.1. The molecule has 0 aliphatic carbocycles. The number of fused-ring (bicyclic) bond motifs is 1. The van der Waals surface area contributed by atoms with E-state index in [0.717, 1.165) is 49.0 Å². The number of nitrogen functional groups attached to an aromatic ring is 1. The van der Waals surface area contributed by atoms with Crippen molar-refractivity contribution in [3.8, 4) is 11.1 Å². The van der Waals surface area contributed by atoms with E-state index in [0.29, 0.717) is 11.9 Å². The monoisotopic (exact) mass is 333 g/mol. The molecule has 5 heteroatoms. The van der Waals surface area contributed by atoms with Crippen molar-refractivity contribution in [2.24, 2.45) is 5.73 Å². The van der Waals surface area contributed by atoms with Crippen LogP contribution in [0.15, 0.2) is 48.9 Å². The quantitative estimate of drug-likeness (QED) is 0.770. The van der Waals surface area contributed by atoms with Gasteiger partial charge in [0, 0.05) is 42.1 Å². The highest BCUT2D eigenvalue weighted by Gasteiger charge is 2.16. The maximum absolute atomic E-state index is 6.01. The second-order valence-corrected chi connectivity index (χ2v) is 6.83. The van der Waals surface area contributed by atoms with Crippen LogP contribution in [-0.4, -0.2) is 34.0 Å². The molecule has 128 valence electrons. The molecule has 3 heterocycles. The predicted molar refractivity (Wildman–Crippen MR) is 102 cm³/mol. The Balaban J connectivity index is 1.68. The van der Waals surface area contributed by atoms with Crippen molar-refractivity contribution in [1.82, 2.24) is 14.9 Å². The normalized spacial score (nSPS) is 16.4. The van der Waals surface area contributed by atoms with Crippen molar-refractivity contribution in [2.45, 2.75) is 25.4 Å². The van der Waals surface area contributed by atoms with E-state index in [4.69, 9.17) is 11.5 Å². The molecule has 0 unspecified atom stereocenters. The first-order valence-electron chi connectivity index (χ1n) is 8.75. The molecule has 2 aromatic heterocycles. The van der Waals surface area contributed by atoms with Crippen LogP contribution in [0.2, 0.25) is 0 Å². The Morgan fingerprint density at radius 1 is 1.08 bits per heavy atom. The minimum atomic E-state index is 0.364. The number of nitrogens with zero attached hydrogens (tertiary/aromatic N) is 3. The van der Waals surface area contributed by atoms with Crippen LogP contribution in [0.3, 0.4) is 0 Å². The smallest absolute Gasteiger partial charge is 0.123 e. The van der Waals surface area contributed by atoms with E-state index in [1.807, 2.05) is 24.5 Å². The Bertz CT molecular complexity index is 884. The average molecular weight is 333 g/mol. The number of benzene rings is 1. The van der Waals surface area contributed by atoms with Crippen molar-refractivity contribution >= 4 is 16.6 Å². The molecular weight excluding hydrogens is 310 g/mol. The number of aromatic nitrogens is 2. The molecule has 1 aliphatic rings. The summed E-state index contributed by atoms with van der Waals surface area (Å²) in [4.78, 5) is 11.0. The second kappa shape index (κ2) is 6.78. The van der Waals surface area contributed by atoms with Crippen LogP contribution < -0.4 is 11.5 Å². The molecule has 4 rings (SSSR count). The minimum absolute atomic E-state index is 0.364. The van der Waals surface area contributed by atoms with Gasteiger partial charge in [0.15, 0.2) is 0 Å². The summed E-state index contributed by atoms with van der Waals surface area (Å²) in [6, 6.07) is 10.9. The van der Waals surface area contributed by atoms with Gasteiger partial charge in [-0.15, -0.1) is 0 Å². The van der Waals surface area contributed by atoms with Crippen LogP contribution in [0.4, 0.5) is 5.82 Å². The van der Waals surface area contributed by atoms with Gasteiger partial charge in [0.1, 0.15) is 5.82 Å². The first kappa shape index (κ1) is 16.0. The van der Waals surface area contributed by atoms with Crippen LogP contribution in [0, 0.1) is 0 Å². The minimum Gasteiger partial charge on any atom is -0.384 e. The van der Waals surface area contributed by atoms with Crippen molar-refractivity contribution in [1.29, 1.82) is 0 Å². The summed E-state index contributed by atoms with van der Waals surface area (Å²) in [5, 5.41) is 2.34. The lowest BCUT2D eigenvalue weighted by molar-refractivity contribution is 0.206. The molecule has 3 aromatic rings. The Morgan fingerprint density at radius 2 is 1.92 bits per heavy atom. The third-order valence-electron chi connectivity index (χ3n) is 4.96. The van der Waals surface area contributed by atoms with Crippen molar-refractivity contribution in [3.05, 3.63) is 54.5 Å². The van der Waals surface area contributed by atoms with Gasteiger partial charge in [-0.2, -0.15) is 0 Å². The summed E-state index contributed by atoms with van der Waals surface area (Å²) < 4.78 is 0. The van der Waals surface area contributed by atoms with E-state index >= 15 is 0 Å². The molecule has 25 heavy (non-hydrogen) atoms. The van der Waals surface area contributed by atoms with Crippen LogP contribution in [-0.2, 0) is 6.54 Å². The molecule has 0 atom stereocenters. The highest BCUT2D eigenvalue weighted by Crippen LogP contribution is 2.29. The van der Waals surface area contributed by atoms with Gasteiger partial charge >= 0.3 is 0 Å². The number of anilines is 1. The summed E-state index contributed by atoms with van der Waals surface area (Å²) in [6.07, 6.45) is 7.72. The lowest BCUT2D eigenvalue weighted by atomic mass is 9.99. The Kier molecular flexibility index (Phi) is 4.34. The van der Waals surface area contributed by atoms with Gasteiger partial charge in [0.25, 0.3) is 0 Å². The summed E-state index contributed by atoms with van der Waals surface area (Å²) in [7, 11) is 0. The number of hydrogen-bond donors (Lipinski definition) is 2. The molecule has 0 saturated carbocycles. The fourth-order valence-corrected chi connectivity index (χ4v) is 3.52. The summed E-state index contributed by atoms with van der Waals surface area (Å²) in [5.74, 6) is 0.523. The molecule has 0 radical (unpaired) electrons. The first-order valence-corrected chi connectivity index (χ1v) is 8.75. The van der Waals surface area contributed by atoms with Gasteiger partial charge in [0.2, 0.25) is 0 Å². The topological polar surface area (TPSA) is 81.1 Å². The van der Waals surface area contributed by atoms with Crippen molar-refractivity contribution in [2.75, 3.05) is 18.8 Å². The average Bonchev–Trinajstić information content (AvgIpc) is 2.63. The highest BCUT2D eigenvalue weighted by molar-refractivity contribution is 5.96. The lowest BCUT2D eigenvalue weighted by Crippen LogP contribution is -2.39. The van der Waals surface area contributed by atoms with Gasteiger partial charge in [-0.05, 0) is 60.6 Å². The van der Waals surface area contributed by atoms with E-state index < -0.39 is 0 Å². The fraction of sp³-hybridized carbons (Fsp3) is 0.300. The largest absolute Gasteiger partial charge is 0.384 e. The van der Waals surface area contributed by atoms with Gasteiger partial charge < -0.3 is 11.5 Å². The third-order valence-corrected chi connectivity index (χ3v) is 4.96. The van der Waals surface area contributed by atoms with E-state index in [1.165, 1.54) is 10.9 Å². The molecular formula is C20H23N5. The summed E-state index contributed by atoms with van der Waals surface area (Å²) in [6.45, 7) is 3.11. The molecule has 0 amide bonds. The van der Waals surface area contributed by atoms with Gasteiger partial charge in [-0.3, -0.25) is 9.88 Å². The zero-order valence-corrected chi connectivity index (χ0v) is 14.2. The Labute approximate surface area is 147 Å². The van der Waals surface area contributed by atoms with Crippen molar-refractivity contribution in [3.63, 3.8) is 0 Å². The van der Waals surface area contributed by atoms with Crippen LogP contribution in [0.5, 0.6) is 0 Å². The summed E-state index contributed by atoms with van der Waals surface area (Å²) in [5.41, 5.74) is 15.3. The second-order valence-electron chi connectivity index (χ2n) is 6.83. The van der Waals surface area contributed by atoms with E-state index in [9.17, 15) is 0 Å². The molecule has 1 fully saturated rings. The first-order chi connectivity index (χ1) is 12.2. The lowest BCUT2D eigenvalue weighted by Gasteiger charge is -2.30. The van der Waals surface area contributed by atoms with Gasteiger partial charge in [-0.25, -0.2) is 4.98 Å². The Hall–Kier alpha value is -2.50. The molecule has 1 aromatic carbocycles. The number of likely N-dealkylation sites (tertiary alicyclic amines) is 1. The van der Waals surface area contributed by atoms with Crippen LogP contribution in [0.1, 0.15) is 18.4 Å². The number of nitrogens with two attached hydrogens (primary N) is 2. The maximum Gasteiger partial charge on any atom is 0.123 e. The molecule has 5 nitrogen and oxygen atoms in total. The standard InChI is InChI=1S/C20H23N5/c21-17-4-7-25(8-5-17)13-14-1-2-16-11-23-12-19(18(16)9-14)15-3-6-24-20(22)10-15/h1-3,6,9-12,17H,4-5,7-8,13,21H2,(H2,22,24). The zero-order chi connectivity index (χ0) is 17.2. The number of rotatable bonds is 3. The predicted octanol–water partition coefficient (Wildman–Crippen LogP) is 2.80. The molecule has 0 spiro atoms. The van der Waals surface area contributed by atoms with E-state index in [1.54, 1.807) is 6.20 Å². The molecule has 4 N–H and O–H groups in total. The van der Waals surface area contributed by atoms with Gasteiger partial charge in [0.05, 0.1) is 0 Å². The number of piperidine rings is 1. The van der Waals surface area contributed by atoms with E-state index in [2.05, 4.69) is 33.1 Å². The maximum atomic E-state index is 6.01. The van der Waals surface area contributed by atoms with E-state index in [-0.39, 0.29) is 0 Å². The summed E-state index contributed by atoms with van der Waals surface area (Å²) >= 11 is 0. The molecule has 0 bridgehead atoms. The van der Waals surface area contributed by atoms with Crippen LogP contribution >= 0.6 is 0 Å². The molecule has 1 aliphatic heterocycles. The van der Waals surface area contributed by atoms with Crippen molar-refractivity contribution < 1.29 is 0 Å². The fourth-order valence-electron chi connectivity index (χ4n) is 3.52. The van der Waals surface area contributed by atoms with Crippen LogP contribution in [0.25, 0.3) is 21.9 Å².